The highest BCUT2D eigenvalue weighted by Crippen LogP contribution is 2.33. The van der Waals surface area contributed by atoms with Gasteiger partial charge in [0.1, 0.15) is 5.75 Å². The average Bonchev–Trinajstić information content (AvgIpc) is 2.46. The molecule has 0 unspecified atom stereocenters. The van der Waals surface area contributed by atoms with E-state index in [1.807, 2.05) is 18.2 Å². The summed E-state index contributed by atoms with van der Waals surface area (Å²) in [7, 11) is 3.05. The molecule has 0 aliphatic carbocycles. The van der Waals surface area contributed by atoms with Crippen molar-refractivity contribution in [3.8, 4) is 11.5 Å². The van der Waals surface area contributed by atoms with E-state index in [1.165, 1.54) is 13.2 Å². The van der Waals surface area contributed by atoms with E-state index < -0.39 is 0 Å². The van der Waals surface area contributed by atoms with Gasteiger partial charge in [-0.25, -0.2) is 4.39 Å². The zero-order chi connectivity index (χ0) is 14.5. The molecule has 2 aromatic rings. The molecule has 0 aliphatic heterocycles. The summed E-state index contributed by atoms with van der Waals surface area (Å²) in [4.78, 5) is 0.970. The first kappa shape index (κ1) is 14.5. The molecule has 0 fully saturated rings. The molecule has 0 bridgehead atoms. The van der Waals surface area contributed by atoms with Crippen LogP contribution in [0.2, 0.25) is 0 Å². The van der Waals surface area contributed by atoms with Gasteiger partial charge in [-0.2, -0.15) is 0 Å². The molecule has 0 aromatic heterocycles. The molecule has 2 N–H and O–H groups in total. The van der Waals surface area contributed by atoms with E-state index in [1.54, 1.807) is 31.0 Å². The van der Waals surface area contributed by atoms with Gasteiger partial charge < -0.3 is 15.2 Å². The standard InChI is InChI=1S/C15H16FNO2S/c1-18-13-5-3-10(7-12(13)16)9-20-15-6-4-11(17)8-14(15)19-2/h3-8H,9,17H2,1-2H3. The van der Waals surface area contributed by atoms with Crippen LogP contribution in [0.25, 0.3) is 0 Å². The number of anilines is 1. The van der Waals surface area contributed by atoms with Crippen LogP contribution in [0.5, 0.6) is 11.5 Å². The summed E-state index contributed by atoms with van der Waals surface area (Å²) < 4.78 is 23.8. The van der Waals surface area contributed by atoms with Gasteiger partial charge in [0, 0.05) is 22.4 Å². The third kappa shape index (κ3) is 3.36. The van der Waals surface area contributed by atoms with Crippen LogP contribution in [-0.4, -0.2) is 14.2 Å². The Morgan fingerprint density at radius 2 is 1.80 bits per heavy atom. The summed E-state index contributed by atoms with van der Waals surface area (Å²) in [5.74, 6) is 1.27. The highest BCUT2D eigenvalue weighted by Gasteiger charge is 2.07. The largest absolute Gasteiger partial charge is 0.496 e. The van der Waals surface area contributed by atoms with Crippen molar-refractivity contribution in [2.24, 2.45) is 0 Å². The molecular formula is C15H16FNO2S. The van der Waals surface area contributed by atoms with Crippen molar-refractivity contribution in [2.45, 2.75) is 10.6 Å². The first-order valence-corrected chi connectivity index (χ1v) is 7.01. The monoisotopic (exact) mass is 293 g/mol. The molecule has 0 heterocycles. The Kier molecular flexibility index (Phi) is 4.74. The topological polar surface area (TPSA) is 44.5 Å². The zero-order valence-electron chi connectivity index (χ0n) is 11.4. The fourth-order valence-electron chi connectivity index (χ4n) is 1.76. The van der Waals surface area contributed by atoms with Gasteiger partial charge in [0.25, 0.3) is 0 Å². The van der Waals surface area contributed by atoms with E-state index in [0.717, 1.165) is 16.2 Å². The van der Waals surface area contributed by atoms with Gasteiger partial charge in [0.05, 0.1) is 14.2 Å². The average molecular weight is 293 g/mol. The predicted octanol–water partition coefficient (Wildman–Crippen LogP) is 3.72. The maximum absolute atomic E-state index is 13.6. The molecule has 2 aromatic carbocycles. The summed E-state index contributed by atoms with van der Waals surface area (Å²) in [6.45, 7) is 0. The third-order valence-electron chi connectivity index (χ3n) is 2.80. The van der Waals surface area contributed by atoms with Crippen LogP contribution < -0.4 is 15.2 Å². The van der Waals surface area contributed by atoms with Crippen LogP contribution in [0, 0.1) is 5.82 Å². The number of hydrogen-bond acceptors (Lipinski definition) is 4. The normalized spacial score (nSPS) is 10.3. The van der Waals surface area contributed by atoms with Crippen LogP contribution in [0.3, 0.4) is 0 Å². The molecule has 5 heteroatoms. The summed E-state index contributed by atoms with van der Waals surface area (Å²) in [5, 5.41) is 0. The van der Waals surface area contributed by atoms with Crippen molar-refractivity contribution in [1.82, 2.24) is 0 Å². The number of halogens is 1. The van der Waals surface area contributed by atoms with Crippen molar-refractivity contribution in [3.63, 3.8) is 0 Å². The number of ether oxygens (including phenoxy) is 2. The van der Waals surface area contributed by atoms with Crippen LogP contribution in [0.4, 0.5) is 10.1 Å². The Hall–Kier alpha value is -1.88. The summed E-state index contributed by atoms with van der Waals surface area (Å²) in [5.41, 5.74) is 7.25. The summed E-state index contributed by atoms with van der Waals surface area (Å²) >= 11 is 1.57. The Morgan fingerprint density at radius 1 is 1.05 bits per heavy atom. The second-order valence-electron chi connectivity index (χ2n) is 4.17. The molecule has 0 aliphatic rings. The zero-order valence-corrected chi connectivity index (χ0v) is 12.2. The minimum atomic E-state index is -0.352. The molecule has 0 saturated heterocycles. The molecule has 0 radical (unpaired) electrons. The van der Waals surface area contributed by atoms with Crippen LogP contribution in [0.15, 0.2) is 41.3 Å². The molecule has 0 atom stereocenters. The number of nitrogen functional groups attached to an aromatic ring is 1. The molecule has 0 amide bonds. The molecule has 3 nitrogen and oxygen atoms in total. The lowest BCUT2D eigenvalue weighted by atomic mass is 10.2. The van der Waals surface area contributed by atoms with Crippen molar-refractivity contribution in [1.29, 1.82) is 0 Å². The van der Waals surface area contributed by atoms with Crippen molar-refractivity contribution in [3.05, 3.63) is 47.8 Å². The maximum Gasteiger partial charge on any atom is 0.165 e. The van der Waals surface area contributed by atoms with Crippen LogP contribution in [0.1, 0.15) is 5.56 Å². The van der Waals surface area contributed by atoms with E-state index in [4.69, 9.17) is 15.2 Å². The molecular weight excluding hydrogens is 277 g/mol. The minimum absolute atomic E-state index is 0.254. The van der Waals surface area contributed by atoms with Crippen LogP contribution in [-0.2, 0) is 5.75 Å². The van der Waals surface area contributed by atoms with Gasteiger partial charge >= 0.3 is 0 Å². The quantitative estimate of drug-likeness (QED) is 0.674. The fourth-order valence-corrected chi connectivity index (χ4v) is 2.71. The number of methoxy groups -OCH3 is 2. The number of benzene rings is 2. The van der Waals surface area contributed by atoms with Crippen molar-refractivity contribution >= 4 is 17.4 Å². The highest BCUT2D eigenvalue weighted by atomic mass is 32.2. The van der Waals surface area contributed by atoms with E-state index in [2.05, 4.69) is 0 Å². The Bertz CT molecular complexity index is 604. The second kappa shape index (κ2) is 6.52. The molecule has 106 valence electrons. The smallest absolute Gasteiger partial charge is 0.165 e. The SMILES string of the molecule is COc1ccc(CSc2ccc(N)cc2OC)cc1F. The van der Waals surface area contributed by atoms with E-state index in [0.29, 0.717) is 11.4 Å². The first-order valence-electron chi connectivity index (χ1n) is 6.02. The van der Waals surface area contributed by atoms with Gasteiger partial charge in [-0.3, -0.25) is 0 Å². The summed E-state index contributed by atoms with van der Waals surface area (Å²) in [6, 6.07) is 10.5. The third-order valence-corrected chi connectivity index (χ3v) is 3.92. The van der Waals surface area contributed by atoms with Crippen molar-refractivity contribution in [2.75, 3.05) is 20.0 Å². The Morgan fingerprint density at radius 3 is 2.45 bits per heavy atom. The Balaban J connectivity index is 2.10. The van der Waals surface area contributed by atoms with Gasteiger partial charge in [-0.1, -0.05) is 6.07 Å². The number of rotatable bonds is 5. The van der Waals surface area contributed by atoms with E-state index in [-0.39, 0.29) is 11.6 Å². The number of nitrogens with two attached hydrogens (primary N) is 1. The highest BCUT2D eigenvalue weighted by molar-refractivity contribution is 7.98. The van der Waals surface area contributed by atoms with Crippen LogP contribution >= 0.6 is 11.8 Å². The molecule has 0 spiro atoms. The van der Waals surface area contributed by atoms with Crippen molar-refractivity contribution < 1.29 is 13.9 Å². The number of hydrogen-bond donors (Lipinski definition) is 1. The maximum atomic E-state index is 13.6. The molecule has 2 rings (SSSR count). The lowest BCUT2D eigenvalue weighted by Gasteiger charge is -2.09. The second-order valence-corrected chi connectivity index (χ2v) is 5.19. The van der Waals surface area contributed by atoms with Gasteiger partial charge in [0.15, 0.2) is 11.6 Å². The van der Waals surface area contributed by atoms with Gasteiger partial charge in [-0.15, -0.1) is 11.8 Å². The molecule has 0 saturated carbocycles. The van der Waals surface area contributed by atoms with Gasteiger partial charge in [-0.05, 0) is 29.8 Å². The van der Waals surface area contributed by atoms with E-state index in [9.17, 15) is 4.39 Å². The minimum Gasteiger partial charge on any atom is -0.496 e. The first-order chi connectivity index (χ1) is 9.63. The lowest BCUT2D eigenvalue weighted by molar-refractivity contribution is 0.386. The summed E-state index contributed by atoms with van der Waals surface area (Å²) in [6.07, 6.45) is 0. The van der Waals surface area contributed by atoms with Gasteiger partial charge in [0.2, 0.25) is 0 Å². The van der Waals surface area contributed by atoms with E-state index >= 15 is 0 Å². The molecule has 20 heavy (non-hydrogen) atoms. The lowest BCUT2D eigenvalue weighted by Crippen LogP contribution is -1.92. The Labute approximate surface area is 121 Å². The number of thioether (sulfide) groups is 1. The fraction of sp³-hybridized carbons (Fsp3) is 0.200. The predicted molar refractivity (Wildman–Crippen MR) is 79.9 cm³/mol.